The van der Waals surface area contributed by atoms with Crippen LogP contribution in [0.5, 0.6) is 0 Å². The van der Waals surface area contributed by atoms with Crippen LogP contribution in [0.4, 0.5) is 0 Å². The Morgan fingerprint density at radius 2 is 1.81 bits per heavy atom. The van der Waals surface area contributed by atoms with E-state index in [1.165, 1.54) is 5.56 Å². The minimum Gasteiger partial charge on any atom is -0.299 e. The van der Waals surface area contributed by atoms with E-state index in [2.05, 4.69) is 50.7 Å². The molecule has 1 aromatic carbocycles. The first-order valence-corrected chi connectivity index (χ1v) is 9.30. The number of nitrogens with one attached hydrogen (secondary N) is 1. The molecule has 0 bridgehead atoms. The third kappa shape index (κ3) is 3.29. The highest BCUT2D eigenvalue weighted by molar-refractivity contribution is 6.00. The van der Waals surface area contributed by atoms with Crippen LogP contribution in [-0.2, 0) is 11.4 Å². The molecule has 2 aliphatic heterocycles. The van der Waals surface area contributed by atoms with E-state index >= 15 is 0 Å². The first kappa shape index (κ1) is 16.4. The Balaban J connectivity index is 1.30. The van der Waals surface area contributed by atoms with Crippen molar-refractivity contribution < 1.29 is 4.84 Å². The molecule has 0 aliphatic carbocycles. The summed E-state index contributed by atoms with van der Waals surface area (Å²) in [6.07, 6.45) is 7.30. The van der Waals surface area contributed by atoms with E-state index in [-0.39, 0.29) is 0 Å². The van der Waals surface area contributed by atoms with Crippen LogP contribution in [0, 0.1) is 0 Å². The fourth-order valence-corrected chi connectivity index (χ4v) is 3.74. The van der Waals surface area contributed by atoms with Crippen molar-refractivity contribution in [2.45, 2.75) is 25.1 Å². The summed E-state index contributed by atoms with van der Waals surface area (Å²) in [5.41, 5.74) is 4.66. The van der Waals surface area contributed by atoms with Crippen LogP contribution in [0.25, 0.3) is 10.8 Å². The minimum absolute atomic E-state index is 0.475. The van der Waals surface area contributed by atoms with Crippen molar-refractivity contribution in [3.8, 4) is 0 Å². The second-order valence-corrected chi connectivity index (χ2v) is 7.16. The van der Waals surface area contributed by atoms with Gasteiger partial charge in [0.15, 0.2) is 11.6 Å². The van der Waals surface area contributed by atoms with Gasteiger partial charge in [0.2, 0.25) is 0 Å². The number of aliphatic imine (C=N–C) groups is 1. The van der Waals surface area contributed by atoms with Crippen molar-refractivity contribution in [1.82, 2.24) is 20.3 Å². The molecule has 6 nitrogen and oxygen atoms in total. The van der Waals surface area contributed by atoms with Crippen molar-refractivity contribution in [3.63, 3.8) is 0 Å². The second kappa shape index (κ2) is 6.72. The normalized spacial score (nSPS) is 19.2. The highest BCUT2D eigenvalue weighted by Crippen LogP contribution is 2.31. The summed E-state index contributed by atoms with van der Waals surface area (Å²) in [6, 6.07) is 14.4. The topological polar surface area (TPSA) is 62.6 Å². The molecule has 0 saturated carbocycles. The Kier molecular flexibility index (Phi) is 4.07. The summed E-state index contributed by atoms with van der Waals surface area (Å²) in [5, 5.41) is 2.28. The Morgan fingerprint density at radius 1 is 1.04 bits per heavy atom. The fourth-order valence-electron chi connectivity index (χ4n) is 3.74. The van der Waals surface area contributed by atoms with E-state index < -0.39 is 5.72 Å². The number of benzene rings is 1. The molecule has 136 valence electrons. The first-order valence-electron chi connectivity index (χ1n) is 9.30. The maximum absolute atomic E-state index is 5.93. The summed E-state index contributed by atoms with van der Waals surface area (Å²) in [7, 11) is 0. The van der Waals surface area contributed by atoms with Crippen LogP contribution in [0.3, 0.4) is 0 Å². The predicted octanol–water partition coefficient (Wildman–Crippen LogP) is 2.90. The molecule has 4 heterocycles. The van der Waals surface area contributed by atoms with Gasteiger partial charge in [0.1, 0.15) is 5.69 Å². The molecule has 0 radical (unpaired) electrons. The molecule has 1 spiro atoms. The number of hydrogen-bond donors (Lipinski definition) is 1. The molecule has 1 saturated heterocycles. The van der Waals surface area contributed by atoms with E-state index in [0.29, 0.717) is 0 Å². The number of hydrogen-bond acceptors (Lipinski definition) is 6. The lowest BCUT2D eigenvalue weighted by Gasteiger charge is -2.35. The Bertz CT molecular complexity index is 980. The molecule has 2 aliphatic rings. The zero-order valence-electron chi connectivity index (χ0n) is 15.0. The van der Waals surface area contributed by atoms with Gasteiger partial charge < -0.3 is 0 Å². The highest BCUT2D eigenvalue weighted by atomic mass is 16.7. The third-order valence-electron chi connectivity index (χ3n) is 5.32. The zero-order valence-corrected chi connectivity index (χ0v) is 15.0. The average Bonchev–Trinajstić information content (AvgIpc) is 3.14. The van der Waals surface area contributed by atoms with Gasteiger partial charge in [-0.3, -0.25) is 14.9 Å². The summed E-state index contributed by atoms with van der Waals surface area (Å²) in [6.45, 7) is 2.84. The highest BCUT2D eigenvalue weighted by Gasteiger charge is 2.40. The van der Waals surface area contributed by atoms with Crippen molar-refractivity contribution in [2.24, 2.45) is 4.99 Å². The number of piperidine rings is 1. The molecule has 1 N–H and O–H groups in total. The van der Waals surface area contributed by atoms with Crippen molar-refractivity contribution in [3.05, 3.63) is 72.3 Å². The molecule has 3 aromatic rings. The molecule has 1 fully saturated rings. The average molecular weight is 359 g/mol. The summed E-state index contributed by atoms with van der Waals surface area (Å²) < 4.78 is 0. The van der Waals surface area contributed by atoms with Crippen LogP contribution in [0.2, 0.25) is 0 Å². The van der Waals surface area contributed by atoms with E-state index in [0.717, 1.165) is 54.8 Å². The Morgan fingerprint density at radius 3 is 2.63 bits per heavy atom. The molecule has 2 aromatic heterocycles. The van der Waals surface area contributed by atoms with Gasteiger partial charge in [-0.15, -0.1) is 0 Å². The molecule has 0 atom stereocenters. The van der Waals surface area contributed by atoms with Gasteiger partial charge in [0, 0.05) is 56.5 Å². The van der Waals surface area contributed by atoms with E-state index in [4.69, 9.17) is 9.83 Å². The van der Waals surface area contributed by atoms with E-state index in [1.54, 1.807) is 0 Å². The number of nitrogens with zero attached hydrogens (tertiary/aromatic N) is 4. The molecule has 27 heavy (non-hydrogen) atoms. The van der Waals surface area contributed by atoms with Crippen molar-refractivity contribution >= 4 is 16.6 Å². The fraction of sp³-hybridized carbons (Fsp3) is 0.286. The lowest BCUT2D eigenvalue weighted by Crippen LogP contribution is -2.44. The summed E-state index contributed by atoms with van der Waals surface area (Å²) >= 11 is 0. The van der Waals surface area contributed by atoms with Crippen molar-refractivity contribution in [2.75, 3.05) is 13.1 Å². The maximum Gasteiger partial charge on any atom is 0.190 e. The molecule has 0 unspecified atom stereocenters. The Hall–Kier alpha value is -2.83. The van der Waals surface area contributed by atoms with Gasteiger partial charge in [-0.05, 0) is 29.1 Å². The lowest BCUT2D eigenvalue weighted by atomic mass is 10.0. The van der Waals surface area contributed by atoms with E-state index in [1.807, 2.05) is 30.7 Å². The number of hydroxylamine groups is 1. The minimum atomic E-state index is -0.475. The number of aromatic nitrogens is 2. The van der Waals surface area contributed by atoms with Crippen LogP contribution >= 0.6 is 0 Å². The summed E-state index contributed by atoms with van der Waals surface area (Å²) in [5.74, 6) is 0.725. The lowest BCUT2D eigenvalue weighted by molar-refractivity contribution is -0.0901. The van der Waals surface area contributed by atoms with Gasteiger partial charge >= 0.3 is 0 Å². The van der Waals surface area contributed by atoms with Crippen molar-refractivity contribution in [1.29, 1.82) is 0 Å². The van der Waals surface area contributed by atoms with Gasteiger partial charge in [0.25, 0.3) is 0 Å². The number of pyridine rings is 2. The quantitative estimate of drug-likeness (QED) is 0.779. The SMILES string of the molecule is c1ccc2cc(C3=NC4(CCN(Cc5ccncc5)CC4)ON3)ncc2c1. The Labute approximate surface area is 157 Å². The monoisotopic (exact) mass is 359 g/mol. The van der Waals surface area contributed by atoms with Crippen LogP contribution < -0.4 is 5.48 Å². The van der Waals surface area contributed by atoms with Crippen LogP contribution in [-0.4, -0.2) is 39.5 Å². The smallest absolute Gasteiger partial charge is 0.190 e. The number of likely N-dealkylation sites (tertiary alicyclic amines) is 1. The van der Waals surface area contributed by atoms with E-state index in [9.17, 15) is 0 Å². The molecular weight excluding hydrogens is 338 g/mol. The standard InChI is InChI=1S/C21H21N5O/c1-2-4-18-14-23-19(13-17(18)3-1)20-24-21(27-25-20)7-11-26(12-8-21)15-16-5-9-22-10-6-16/h1-6,9-10,13-14H,7-8,11-12,15H2,(H,24,25). The van der Waals surface area contributed by atoms with Crippen LogP contribution in [0.15, 0.2) is 66.0 Å². The second-order valence-electron chi connectivity index (χ2n) is 7.16. The first-order chi connectivity index (χ1) is 13.3. The van der Waals surface area contributed by atoms with Gasteiger partial charge in [-0.1, -0.05) is 24.3 Å². The van der Waals surface area contributed by atoms with Gasteiger partial charge in [-0.2, -0.15) is 0 Å². The molecule has 6 heteroatoms. The largest absolute Gasteiger partial charge is 0.299 e. The predicted molar refractivity (Wildman–Crippen MR) is 104 cm³/mol. The van der Waals surface area contributed by atoms with Gasteiger partial charge in [-0.25, -0.2) is 15.3 Å². The number of rotatable bonds is 3. The molecule has 5 rings (SSSR count). The third-order valence-corrected chi connectivity index (χ3v) is 5.32. The van der Waals surface area contributed by atoms with Gasteiger partial charge in [0.05, 0.1) is 0 Å². The maximum atomic E-state index is 5.93. The number of amidine groups is 1. The zero-order chi connectivity index (χ0) is 18.1. The molecular formula is C21H21N5O. The number of fused-ring (bicyclic) bond motifs is 1. The van der Waals surface area contributed by atoms with Crippen LogP contribution in [0.1, 0.15) is 24.1 Å². The molecule has 0 amide bonds. The summed E-state index contributed by atoms with van der Waals surface area (Å²) in [4.78, 5) is 21.9.